The highest BCUT2D eigenvalue weighted by Crippen LogP contribution is 2.24. The van der Waals surface area contributed by atoms with E-state index in [2.05, 4.69) is 9.88 Å². The fourth-order valence-electron chi connectivity index (χ4n) is 3.45. The first kappa shape index (κ1) is 17.6. The maximum absolute atomic E-state index is 13.1. The summed E-state index contributed by atoms with van der Waals surface area (Å²) < 4.78 is 5.21. The molecule has 4 rings (SSSR count). The first-order chi connectivity index (χ1) is 13.2. The molecule has 0 radical (unpaired) electrons. The van der Waals surface area contributed by atoms with Crippen molar-refractivity contribution in [1.29, 1.82) is 0 Å². The van der Waals surface area contributed by atoms with Crippen molar-refractivity contribution in [3.63, 3.8) is 0 Å². The van der Waals surface area contributed by atoms with Crippen LogP contribution in [-0.2, 0) is 0 Å². The van der Waals surface area contributed by atoms with E-state index in [-0.39, 0.29) is 5.91 Å². The Hall–Kier alpha value is -2.79. The second-order valence-electron chi connectivity index (χ2n) is 6.49. The number of hydrogen-bond donors (Lipinski definition) is 0. The number of benzene rings is 2. The van der Waals surface area contributed by atoms with Gasteiger partial charge in [-0.25, -0.2) is 4.98 Å². The van der Waals surface area contributed by atoms with Crippen LogP contribution in [0.1, 0.15) is 10.4 Å². The summed E-state index contributed by atoms with van der Waals surface area (Å²) in [5.41, 5.74) is 2.49. The number of amides is 1. The molecule has 5 nitrogen and oxygen atoms in total. The Kier molecular flexibility index (Phi) is 4.86. The van der Waals surface area contributed by atoms with Gasteiger partial charge in [-0.1, -0.05) is 29.8 Å². The molecule has 1 amide bonds. The highest BCUT2D eigenvalue weighted by molar-refractivity contribution is 6.30. The molecule has 0 bridgehead atoms. The van der Waals surface area contributed by atoms with Crippen LogP contribution in [0, 0.1) is 0 Å². The summed E-state index contributed by atoms with van der Waals surface area (Å²) in [5, 5.41) is 1.18. The van der Waals surface area contributed by atoms with Gasteiger partial charge >= 0.3 is 0 Å². The Morgan fingerprint density at radius 2 is 1.74 bits per heavy atom. The number of methoxy groups -OCH3 is 1. The van der Waals surface area contributed by atoms with Crippen LogP contribution in [0.2, 0.25) is 5.15 Å². The molecule has 0 unspecified atom stereocenters. The Morgan fingerprint density at radius 3 is 2.44 bits per heavy atom. The fourth-order valence-corrected chi connectivity index (χ4v) is 3.65. The molecule has 1 aromatic heterocycles. The number of pyridine rings is 1. The smallest absolute Gasteiger partial charge is 0.254 e. The number of para-hydroxylation sites is 1. The molecule has 27 heavy (non-hydrogen) atoms. The quantitative estimate of drug-likeness (QED) is 0.646. The molecule has 0 saturated carbocycles. The van der Waals surface area contributed by atoms with E-state index in [1.54, 1.807) is 13.2 Å². The standard InChI is InChI=1S/C21H20ClN3O2/c1-27-16-8-6-15(7-9-16)24-10-12-25(13-11-24)21(26)18-14-20(22)23-19-5-3-2-4-17(18)19/h2-9,14H,10-13H2,1H3. The summed E-state index contributed by atoms with van der Waals surface area (Å²) in [5.74, 6) is 0.846. The second-order valence-corrected chi connectivity index (χ2v) is 6.87. The van der Waals surface area contributed by atoms with Crippen LogP contribution in [0.5, 0.6) is 5.75 Å². The van der Waals surface area contributed by atoms with Crippen LogP contribution in [0.3, 0.4) is 0 Å². The van der Waals surface area contributed by atoms with Gasteiger partial charge < -0.3 is 14.5 Å². The second kappa shape index (κ2) is 7.45. The highest BCUT2D eigenvalue weighted by atomic mass is 35.5. The van der Waals surface area contributed by atoms with E-state index in [0.29, 0.717) is 23.8 Å². The van der Waals surface area contributed by atoms with Crippen molar-refractivity contribution >= 4 is 34.1 Å². The van der Waals surface area contributed by atoms with Crippen molar-refractivity contribution in [3.8, 4) is 5.75 Å². The number of hydrogen-bond acceptors (Lipinski definition) is 4. The van der Waals surface area contributed by atoms with Crippen LogP contribution in [0.25, 0.3) is 10.9 Å². The van der Waals surface area contributed by atoms with Crippen LogP contribution in [-0.4, -0.2) is 49.1 Å². The zero-order valence-corrected chi connectivity index (χ0v) is 15.8. The van der Waals surface area contributed by atoms with Crippen molar-refractivity contribution in [2.45, 2.75) is 0 Å². The average molecular weight is 382 g/mol. The van der Waals surface area contributed by atoms with Crippen molar-refractivity contribution in [3.05, 3.63) is 65.3 Å². The Morgan fingerprint density at radius 1 is 1.04 bits per heavy atom. The van der Waals surface area contributed by atoms with Crippen LogP contribution >= 0.6 is 11.6 Å². The first-order valence-corrected chi connectivity index (χ1v) is 9.27. The monoisotopic (exact) mass is 381 g/mol. The Balaban J connectivity index is 1.50. The molecular weight excluding hydrogens is 362 g/mol. The van der Waals surface area contributed by atoms with Gasteiger partial charge in [-0.3, -0.25) is 4.79 Å². The Labute approximate surface area is 163 Å². The molecule has 0 spiro atoms. The number of carbonyl (C=O) groups is 1. The number of carbonyl (C=O) groups excluding carboxylic acids is 1. The molecule has 0 atom stereocenters. The van der Waals surface area contributed by atoms with Crippen molar-refractivity contribution < 1.29 is 9.53 Å². The molecule has 138 valence electrons. The summed E-state index contributed by atoms with van der Waals surface area (Å²) >= 11 is 6.13. The fraction of sp³-hybridized carbons (Fsp3) is 0.238. The van der Waals surface area contributed by atoms with E-state index in [4.69, 9.17) is 16.3 Å². The van der Waals surface area contributed by atoms with Gasteiger partial charge in [-0.2, -0.15) is 0 Å². The van der Waals surface area contributed by atoms with Crippen molar-refractivity contribution in [2.75, 3.05) is 38.2 Å². The minimum absolute atomic E-state index is 0.00452. The topological polar surface area (TPSA) is 45.7 Å². The molecule has 0 aliphatic carbocycles. The lowest BCUT2D eigenvalue weighted by Gasteiger charge is -2.36. The molecule has 1 aliphatic heterocycles. The lowest BCUT2D eigenvalue weighted by Crippen LogP contribution is -2.48. The number of halogens is 1. The molecule has 1 fully saturated rings. The van der Waals surface area contributed by atoms with E-state index in [0.717, 1.165) is 35.4 Å². The first-order valence-electron chi connectivity index (χ1n) is 8.89. The summed E-state index contributed by atoms with van der Waals surface area (Å²) in [6, 6.07) is 17.3. The highest BCUT2D eigenvalue weighted by Gasteiger charge is 2.24. The predicted molar refractivity (Wildman–Crippen MR) is 108 cm³/mol. The zero-order valence-electron chi connectivity index (χ0n) is 15.1. The largest absolute Gasteiger partial charge is 0.497 e. The van der Waals surface area contributed by atoms with E-state index in [1.165, 1.54) is 0 Å². The average Bonchev–Trinajstić information content (AvgIpc) is 2.73. The predicted octanol–water partition coefficient (Wildman–Crippen LogP) is 3.86. The molecule has 3 aromatic rings. The van der Waals surface area contributed by atoms with Gasteiger partial charge in [0.25, 0.3) is 5.91 Å². The Bertz CT molecular complexity index is 967. The van der Waals surface area contributed by atoms with Gasteiger partial charge in [0, 0.05) is 37.3 Å². The minimum Gasteiger partial charge on any atom is -0.497 e. The summed E-state index contributed by atoms with van der Waals surface area (Å²) in [4.78, 5) is 21.6. The van der Waals surface area contributed by atoms with E-state index < -0.39 is 0 Å². The number of rotatable bonds is 3. The third-order valence-corrected chi connectivity index (χ3v) is 5.11. The number of nitrogens with zero attached hydrogens (tertiary/aromatic N) is 3. The van der Waals surface area contributed by atoms with E-state index in [9.17, 15) is 4.79 Å². The van der Waals surface area contributed by atoms with Crippen LogP contribution < -0.4 is 9.64 Å². The molecule has 2 heterocycles. The van der Waals surface area contributed by atoms with Gasteiger partial charge in [0.05, 0.1) is 18.2 Å². The molecular formula is C21H20ClN3O2. The maximum Gasteiger partial charge on any atom is 0.254 e. The lowest BCUT2D eigenvalue weighted by molar-refractivity contribution is 0.0748. The number of anilines is 1. The van der Waals surface area contributed by atoms with E-state index >= 15 is 0 Å². The lowest BCUT2D eigenvalue weighted by atomic mass is 10.1. The summed E-state index contributed by atoms with van der Waals surface area (Å²) in [7, 11) is 1.66. The summed E-state index contributed by atoms with van der Waals surface area (Å²) in [6.45, 7) is 2.90. The molecule has 0 N–H and O–H groups in total. The van der Waals surface area contributed by atoms with Crippen LogP contribution in [0.15, 0.2) is 54.6 Å². The minimum atomic E-state index is 0.00452. The number of aromatic nitrogens is 1. The third-order valence-electron chi connectivity index (χ3n) is 4.92. The normalized spacial score (nSPS) is 14.4. The van der Waals surface area contributed by atoms with Gasteiger partial charge in [0.15, 0.2) is 0 Å². The van der Waals surface area contributed by atoms with Gasteiger partial charge in [0.1, 0.15) is 10.9 Å². The maximum atomic E-state index is 13.1. The molecule has 1 aliphatic rings. The molecule has 1 saturated heterocycles. The number of piperazine rings is 1. The third kappa shape index (κ3) is 3.55. The SMILES string of the molecule is COc1ccc(N2CCN(C(=O)c3cc(Cl)nc4ccccc34)CC2)cc1. The van der Waals surface area contributed by atoms with Gasteiger partial charge in [0.2, 0.25) is 0 Å². The molecule has 2 aromatic carbocycles. The van der Waals surface area contributed by atoms with Crippen molar-refractivity contribution in [1.82, 2.24) is 9.88 Å². The van der Waals surface area contributed by atoms with E-state index in [1.807, 2.05) is 53.4 Å². The van der Waals surface area contributed by atoms with Gasteiger partial charge in [-0.05, 0) is 36.4 Å². The van der Waals surface area contributed by atoms with Gasteiger partial charge in [-0.15, -0.1) is 0 Å². The number of fused-ring (bicyclic) bond motifs is 1. The molecule has 6 heteroatoms. The summed E-state index contributed by atoms with van der Waals surface area (Å²) in [6.07, 6.45) is 0. The number of ether oxygens (including phenoxy) is 1. The zero-order chi connectivity index (χ0) is 18.8. The van der Waals surface area contributed by atoms with Crippen LogP contribution in [0.4, 0.5) is 5.69 Å². The van der Waals surface area contributed by atoms with Crippen molar-refractivity contribution in [2.24, 2.45) is 0 Å².